The van der Waals surface area contributed by atoms with E-state index in [1.165, 1.54) is 13.0 Å². The van der Waals surface area contributed by atoms with Gasteiger partial charge in [0.15, 0.2) is 6.61 Å². The number of nitrogens with zero attached hydrogens (tertiary/aromatic N) is 4. The van der Waals surface area contributed by atoms with Crippen LogP contribution >= 0.6 is 0 Å². The number of ether oxygens (including phenoxy) is 1. The van der Waals surface area contributed by atoms with Gasteiger partial charge in [0.25, 0.3) is 21.8 Å². The van der Waals surface area contributed by atoms with Crippen LogP contribution in [0.5, 0.6) is 0 Å². The predicted molar refractivity (Wildman–Crippen MR) is 123 cm³/mol. The highest BCUT2D eigenvalue weighted by atomic mass is 32.2. The van der Waals surface area contributed by atoms with E-state index >= 15 is 0 Å². The first kappa shape index (κ1) is 22.5. The average molecular weight is 494 g/mol. The molecular formula is C23H19N5O6S. The molecule has 12 heteroatoms. The fourth-order valence-electron chi connectivity index (χ4n) is 3.56. The van der Waals surface area contributed by atoms with Gasteiger partial charge < -0.3 is 13.7 Å². The van der Waals surface area contributed by atoms with E-state index in [1.807, 2.05) is 30.3 Å². The molecule has 0 saturated heterocycles. The van der Waals surface area contributed by atoms with Crippen molar-refractivity contribution >= 4 is 21.8 Å². The molecule has 2 aromatic heterocycles. The number of rotatable bonds is 6. The van der Waals surface area contributed by atoms with Gasteiger partial charge in [-0.3, -0.25) is 9.71 Å². The van der Waals surface area contributed by atoms with Gasteiger partial charge in [-0.2, -0.15) is 0 Å². The maximum absolute atomic E-state index is 12.5. The lowest BCUT2D eigenvalue weighted by Gasteiger charge is -2.07. The molecule has 1 aliphatic rings. The van der Waals surface area contributed by atoms with E-state index in [0.717, 1.165) is 5.56 Å². The van der Waals surface area contributed by atoms with Crippen molar-refractivity contribution in [1.82, 2.24) is 20.1 Å². The highest BCUT2D eigenvalue weighted by Crippen LogP contribution is 2.33. The van der Waals surface area contributed by atoms with Crippen molar-refractivity contribution in [2.24, 2.45) is 4.99 Å². The van der Waals surface area contributed by atoms with Crippen molar-refractivity contribution in [1.29, 1.82) is 0 Å². The van der Waals surface area contributed by atoms with E-state index in [0.29, 0.717) is 22.6 Å². The molecule has 0 aliphatic carbocycles. The minimum atomic E-state index is -3.71. The second-order valence-electron chi connectivity index (χ2n) is 7.69. The molecule has 0 amide bonds. The Morgan fingerprint density at radius 3 is 2.66 bits per heavy atom. The first-order chi connectivity index (χ1) is 16.8. The molecule has 0 spiro atoms. The van der Waals surface area contributed by atoms with Crippen molar-refractivity contribution in [2.45, 2.75) is 31.4 Å². The van der Waals surface area contributed by atoms with Gasteiger partial charge in [-0.15, -0.1) is 10.2 Å². The molecular weight excluding hydrogens is 474 g/mol. The van der Waals surface area contributed by atoms with Gasteiger partial charge in [0, 0.05) is 11.1 Å². The standard InChI is InChI=1S/C23H19N5O6S/c1-13(24-21-16-10-6-7-11-17(16)35(30,31)28-21)23(29)32-12-18-25-26-22(33-18)19-14(2)34-27-20(19)15-8-4-3-5-9-15/h3-11,13H,12H2,1-2H3,(H,24,28)/t13-/m0/s1. The summed E-state index contributed by atoms with van der Waals surface area (Å²) in [5, 5.41) is 12.1. The van der Waals surface area contributed by atoms with E-state index in [9.17, 15) is 13.2 Å². The van der Waals surface area contributed by atoms with Gasteiger partial charge >= 0.3 is 5.97 Å². The van der Waals surface area contributed by atoms with Gasteiger partial charge in [-0.1, -0.05) is 47.6 Å². The average Bonchev–Trinajstić information content (AvgIpc) is 3.54. The van der Waals surface area contributed by atoms with Crippen molar-refractivity contribution in [2.75, 3.05) is 0 Å². The number of hydrogen-bond donors (Lipinski definition) is 1. The number of amidine groups is 1. The van der Waals surface area contributed by atoms with E-state index in [1.54, 1.807) is 25.1 Å². The van der Waals surface area contributed by atoms with Crippen LogP contribution in [0.15, 0.2) is 73.4 Å². The molecule has 178 valence electrons. The lowest BCUT2D eigenvalue weighted by atomic mass is 10.1. The van der Waals surface area contributed by atoms with Crippen LogP contribution in [0.4, 0.5) is 0 Å². The molecule has 0 fully saturated rings. The van der Waals surface area contributed by atoms with Crippen LogP contribution < -0.4 is 4.72 Å². The summed E-state index contributed by atoms with van der Waals surface area (Å²) in [4.78, 5) is 16.8. The Morgan fingerprint density at radius 2 is 1.86 bits per heavy atom. The molecule has 4 aromatic rings. The Bertz CT molecular complexity index is 1540. The Morgan fingerprint density at radius 1 is 1.11 bits per heavy atom. The minimum absolute atomic E-state index is 0.0692. The topological polar surface area (TPSA) is 150 Å². The van der Waals surface area contributed by atoms with Crippen LogP contribution in [0.3, 0.4) is 0 Å². The zero-order chi connectivity index (χ0) is 24.6. The third-order valence-electron chi connectivity index (χ3n) is 5.26. The van der Waals surface area contributed by atoms with Crippen LogP contribution in [-0.2, 0) is 26.2 Å². The fraction of sp³-hybridized carbons (Fsp3) is 0.174. The number of aliphatic imine (C=N–C) groups is 1. The zero-order valence-corrected chi connectivity index (χ0v) is 19.4. The van der Waals surface area contributed by atoms with E-state index in [-0.39, 0.29) is 29.1 Å². The molecule has 5 rings (SSSR count). The SMILES string of the molecule is Cc1onc(-c2ccccc2)c1-c1nnc(COC(=O)[C@H](C)N=C2NS(=O)(=O)c3ccccc32)o1. The van der Waals surface area contributed by atoms with Crippen molar-refractivity contribution in [3.63, 3.8) is 0 Å². The first-order valence-electron chi connectivity index (χ1n) is 10.5. The summed E-state index contributed by atoms with van der Waals surface area (Å²) in [7, 11) is -3.71. The summed E-state index contributed by atoms with van der Waals surface area (Å²) in [6, 6.07) is 14.8. The van der Waals surface area contributed by atoms with Gasteiger partial charge in [0.05, 0.1) is 4.90 Å². The van der Waals surface area contributed by atoms with Crippen molar-refractivity contribution in [3.8, 4) is 22.7 Å². The maximum atomic E-state index is 12.5. The third kappa shape index (κ3) is 4.30. The summed E-state index contributed by atoms with van der Waals surface area (Å²) < 4.78 is 43.0. The summed E-state index contributed by atoms with van der Waals surface area (Å²) in [5.74, 6) is 0.145. The van der Waals surface area contributed by atoms with Crippen molar-refractivity contribution in [3.05, 3.63) is 71.8 Å². The molecule has 0 bridgehead atoms. The Balaban J connectivity index is 1.29. The molecule has 2 aromatic carbocycles. The molecule has 0 radical (unpaired) electrons. The third-order valence-corrected chi connectivity index (χ3v) is 6.65. The molecule has 1 N–H and O–H groups in total. The molecule has 3 heterocycles. The highest BCUT2D eigenvalue weighted by Gasteiger charge is 2.31. The molecule has 11 nitrogen and oxygen atoms in total. The lowest BCUT2D eigenvalue weighted by molar-refractivity contribution is -0.146. The number of esters is 1. The van der Waals surface area contributed by atoms with E-state index in [2.05, 4.69) is 25.1 Å². The van der Waals surface area contributed by atoms with Gasteiger partial charge in [0.1, 0.15) is 28.9 Å². The summed E-state index contributed by atoms with van der Waals surface area (Å²) in [5.41, 5.74) is 2.32. The Labute approximate surface area is 199 Å². The second-order valence-corrected chi connectivity index (χ2v) is 9.34. The van der Waals surface area contributed by atoms with Crippen molar-refractivity contribution < 1.29 is 26.9 Å². The van der Waals surface area contributed by atoms with Crippen LogP contribution in [-0.4, -0.2) is 41.6 Å². The number of aryl methyl sites for hydroxylation is 1. The van der Waals surface area contributed by atoms with E-state index in [4.69, 9.17) is 13.7 Å². The van der Waals surface area contributed by atoms with Crippen LogP contribution in [0, 0.1) is 6.92 Å². The summed E-state index contributed by atoms with van der Waals surface area (Å²) in [6.45, 7) is 2.94. The number of hydrogen-bond acceptors (Lipinski definition) is 10. The smallest absolute Gasteiger partial charge is 0.331 e. The minimum Gasteiger partial charge on any atom is -0.454 e. The lowest BCUT2D eigenvalue weighted by Crippen LogP contribution is -2.26. The second kappa shape index (κ2) is 8.80. The normalized spacial score (nSPS) is 16.0. The number of benzene rings is 2. The molecule has 1 atom stereocenters. The Kier molecular flexibility index (Phi) is 5.65. The number of fused-ring (bicyclic) bond motifs is 1. The monoisotopic (exact) mass is 493 g/mol. The molecule has 35 heavy (non-hydrogen) atoms. The first-order valence-corrected chi connectivity index (χ1v) is 12.0. The maximum Gasteiger partial charge on any atom is 0.331 e. The summed E-state index contributed by atoms with van der Waals surface area (Å²) >= 11 is 0. The molecule has 0 saturated carbocycles. The van der Waals surface area contributed by atoms with Gasteiger partial charge in [0.2, 0.25) is 0 Å². The van der Waals surface area contributed by atoms with Gasteiger partial charge in [-0.05, 0) is 26.0 Å². The highest BCUT2D eigenvalue weighted by molar-refractivity contribution is 7.90. The quantitative estimate of drug-likeness (QED) is 0.400. The predicted octanol–water partition coefficient (Wildman–Crippen LogP) is 2.87. The fourth-order valence-corrected chi connectivity index (χ4v) is 4.80. The zero-order valence-electron chi connectivity index (χ0n) is 18.6. The molecule has 0 unspecified atom stereocenters. The Hall–Kier alpha value is -4.32. The molecule has 1 aliphatic heterocycles. The van der Waals surface area contributed by atoms with Crippen LogP contribution in [0.25, 0.3) is 22.7 Å². The number of carbonyl (C=O) groups is 1. The van der Waals surface area contributed by atoms with Crippen LogP contribution in [0.2, 0.25) is 0 Å². The van der Waals surface area contributed by atoms with Crippen LogP contribution in [0.1, 0.15) is 24.1 Å². The van der Waals surface area contributed by atoms with E-state index < -0.39 is 22.0 Å². The summed E-state index contributed by atoms with van der Waals surface area (Å²) in [6.07, 6.45) is 0. The number of sulfonamides is 1. The number of aromatic nitrogens is 3. The van der Waals surface area contributed by atoms with Gasteiger partial charge in [-0.25, -0.2) is 13.2 Å². The number of carbonyl (C=O) groups excluding carboxylic acids is 1. The largest absolute Gasteiger partial charge is 0.454 e. The number of nitrogens with one attached hydrogen (secondary N) is 1.